The van der Waals surface area contributed by atoms with Crippen LogP contribution in [0.4, 0.5) is 0 Å². The van der Waals surface area contributed by atoms with Gasteiger partial charge >= 0.3 is 5.97 Å². The van der Waals surface area contributed by atoms with Crippen LogP contribution in [0.2, 0.25) is 0 Å². The molecule has 4 rings (SSSR count). The normalized spacial score (nSPS) is 10.6. The Labute approximate surface area is 207 Å². The van der Waals surface area contributed by atoms with E-state index in [9.17, 15) is 4.79 Å². The zero-order chi connectivity index (χ0) is 24.8. The highest BCUT2D eigenvalue weighted by atomic mass is 32.1. The van der Waals surface area contributed by atoms with Crippen LogP contribution in [-0.4, -0.2) is 36.9 Å². The van der Waals surface area contributed by atoms with E-state index in [1.54, 1.807) is 37.7 Å². The summed E-state index contributed by atoms with van der Waals surface area (Å²) in [4.78, 5) is 16.7. The summed E-state index contributed by atoms with van der Waals surface area (Å²) >= 11 is 1.56. The molecule has 0 aliphatic carbocycles. The van der Waals surface area contributed by atoms with Gasteiger partial charge in [0, 0.05) is 5.56 Å². The number of aryl methyl sites for hydroxylation is 1. The van der Waals surface area contributed by atoms with Gasteiger partial charge in [-0.05, 0) is 72.6 Å². The van der Waals surface area contributed by atoms with E-state index in [4.69, 9.17) is 29.0 Å². The van der Waals surface area contributed by atoms with Crippen molar-refractivity contribution in [1.29, 1.82) is 0 Å². The molecular formula is C27H25NO6S. The SMILES string of the molecule is COc1ccc(-c2nc(COc3ccc(OCC(=O)O)c(C)c3)sc2-c2cccc(OC)c2)cc1. The smallest absolute Gasteiger partial charge is 0.341 e. The van der Waals surface area contributed by atoms with Gasteiger partial charge < -0.3 is 24.1 Å². The second-order valence-electron chi connectivity index (χ2n) is 7.64. The predicted octanol–water partition coefficient (Wildman–Crippen LogP) is 5.85. The molecular weight excluding hydrogens is 466 g/mol. The minimum atomic E-state index is -1.02. The lowest BCUT2D eigenvalue weighted by Crippen LogP contribution is -2.10. The average Bonchev–Trinajstić information content (AvgIpc) is 3.31. The van der Waals surface area contributed by atoms with Crippen LogP contribution in [0.15, 0.2) is 66.7 Å². The first kappa shape index (κ1) is 24.1. The minimum Gasteiger partial charge on any atom is -0.497 e. The predicted molar refractivity (Wildman–Crippen MR) is 135 cm³/mol. The van der Waals surface area contributed by atoms with Crippen LogP contribution in [0.25, 0.3) is 21.7 Å². The van der Waals surface area contributed by atoms with Crippen molar-refractivity contribution in [2.45, 2.75) is 13.5 Å². The zero-order valence-electron chi connectivity index (χ0n) is 19.6. The molecule has 35 heavy (non-hydrogen) atoms. The van der Waals surface area contributed by atoms with Crippen molar-refractivity contribution in [1.82, 2.24) is 4.98 Å². The molecule has 0 aliphatic heterocycles. The Hall–Kier alpha value is -4.04. The maximum Gasteiger partial charge on any atom is 0.341 e. The first-order valence-electron chi connectivity index (χ1n) is 10.8. The number of thiazole rings is 1. The Morgan fingerprint density at radius 1 is 0.886 bits per heavy atom. The lowest BCUT2D eigenvalue weighted by atomic mass is 10.1. The molecule has 0 saturated carbocycles. The molecule has 0 saturated heterocycles. The Kier molecular flexibility index (Phi) is 7.52. The number of aromatic nitrogens is 1. The van der Waals surface area contributed by atoms with Gasteiger partial charge in [-0.15, -0.1) is 11.3 Å². The van der Waals surface area contributed by atoms with Crippen molar-refractivity contribution >= 4 is 17.3 Å². The van der Waals surface area contributed by atoms with Crippen LogP contribution in [0.5, 0.6) is 23.0 Å². The molecule has 0 amide bonds. The summed E-state index contributed by atoms with van der Waals surface area (Å²) in [7, 11) is 3.29. The molecule has 1 aromatic heterocycles. The van der Waals surface area contributed by atoms with Crippen LogP contribution < -0.4 is 18.9 Å². The number of hydrogen-bond acceptors (Lipinski definition) is 7. The summed E-state index contributed by atoms with van der Waals surface area (Å²) in [5, 5.41) is 9.62. The summed E-state index contributed by atoms with van der Waals surface area (Å²) in [5.41, 5.74) is 3.63. The van der Waals surface area contributed by atoms with Crippen LogP contribution in [0.3, 0.4) is 0 Å². The molecule has 0 unspecified atom stereocenters. The van der Waals surface area contributed by atoms with Gasteiger partial charge in [0.2, 0.25) is 0 Å². The van der Waals surface area contributed by atoms with Crippen molar-refractivity contribution < 1.29 is 28.8 Å². The van der Waals surface area contributed by atoms with E-state index in [2.05, 4.69) is 0 Å². The molecule has 1 heterocycles. The fraction of sp³-hybridized carbons (Fsp3) is 0.185. The molecule has 180 valence electrons. The third-order valence-corrected chi connectivity index (χ3v) is 6.30. The molecule has 0 aliphatic rings. The van der Waals surface area contributed by atoms with E-state index in [1.807, 2.05) is 61.5 Å². The number of benzene rings is 3. The van der Waals surface area contributed by atoms with Gasteiger partial charge in [-0.3, -0.25) is 0 Å². The number of aliphatic carboxylic acids is 1. The van der Waals surface area contributed by atoms with Crippen molar-refractivity contribution in [3.63, 3.8) is 0 Å². The number of methoxy groups -OCH3 is 2. The molecule has 4 aromatic rings. The summed E-state index contributed by atoms with van der Waals surface area (Å²) in [5.74, 6) is 1.69. The van der Waals surface area contributed by atoms with Crippen molar-refractivity contribution in [3.8, 4) is 44.7 Å². The number of ether oxygens (including phenoxy) is 4. The second-order valence-corrected chi connectivity index (χ2v) is 8.73. The summed E-state index contributed by atoms with van der Waals surface area (Å²) < 4.78 is 22.0. The highest BCUT2D eigenvalue weighted by Gasteiger charge is 2.16. The van der Waals surface area contributed by atoms with Gasteiger partial charge in [-0.2, -0.15) is 0 Å². The summed E-state index contributed by atoms with van der Waals surface area (Å²) in [6.07, 6.45) is 0. The maximum atomic E-state index is 10.7. The van der Waals surface area contributed by atoms with Gasteiger partial charge in [-0.1, -0.05) is 12.1 Å². The van der Waals surface area contributed by atoms with Gasteiger partial charge in [-0.25, -0.2) is 9.78 Å². The van der Waals surface area contributed by atoms with Crippen LogP contribution in [0.1, 0.15) is 10.6 Å². The van der Waals surface area contributed by atoms with E-state index in [-0.39, 0.29) is 13.2 Å². The molecule has 0 fully saturated rings. The van der Waals surface area contributed by atoms with Gasteiger partial charge in [0.15, 0.2) is 6.61 Å². The molecule has 3 aromatic carbocycles. The molecule has 0 spiro atoms. The highest BCUT2D eigenvalue weighted by Crippen LogP contribution is 2.39. The average molecular weight is 492 g/mol. The molecule has 0 bridgehead atoms. The number of carboxylic acid groups (broad SMARTS) is 1. The number of rotatable bonds is 10. The quantitative estimate of drug-likeness (QED) is 0.298. The van der Waals surface area contributed by atoms with Gasteiger partial charge in [0.05, 0.1) is 24.8 Å². The fourth-order valence-corrected chi connectivity index (χ4v) is 4.48. The number of nitrogens with zero attached hydrogens (tertiary/aromatic N) is 1. The Balaban J connectivity index is 1.60. The van der Waals surface area contributed by atoms with E-state index in [0.29, 0.717) is 11.5 Å². The molecule has 7 nitrogen and oxygen atoms in total. The van der Waals surface area contributed by atoms with Gasteiger partial charge in [0.1, 0.15) is 34.6 Å². The van der Waals surface area contributed by atoms with E-state index in [0.717, 1.165) is 43.8 Å². The molecule has 1 N–H and O–H groups in total. The first-order chi connectivity index (χ1) is 17.0. The van der Waals surface area contributed by atoms with Gasteiger partial charge in [0.25, 0.3) is 0 Å². The van der Waals surface area contributed by atoms with E-state index < -0.39 is 5.97 Å². The maximum absolute atomic E-state index is 10.7. The lowest BCUT2D eigenvalue weighted by molar-refractivity contribution is -0.139. The number of carbonyl (C=O) groups is 1. The third kappa shape index (κ3) is 5.91. The summed E-state index contributed by atoms with van der Waals surface area (Å²) in [6, 6.07) is 21.0. The minimum absolute atomic E-state index is 0.284. The zero-order valence-corrected chi connectivity index (χ0v) is 20.4. The number of hydrogen-bond donors (Lipinski definition) is 1. The lowest BCUT2D eigenvalue weighted by Gasteiger charge is -2.09. The Morgan fingerprint density at radius 2 is 1.63 bits per heavy atom. The standard InChI is InChI=1S/C27H25NO6S/c1-17-13-22(11-12-23(17)34-16-25(29)30)33-15-24-28-26(18-7-9-20(31-2)10-8-18)27(35-24)19-5-4-6-21(14-19)32-3/h4-14H,15-16H2,1-3H3,(H,29,30). The number of carboxylic acids is 1. The third-order valence-electron chi connectivity index (χ3n) is 5.23. The Morgan fingerprint density at radius 3 is 2.31 bits per heavy atom. The second kappa shape index (κ2) is 10.9. The monoisotopic (exact) mass is 491 g/mol. The van der Waals surface area contributed by atoms with Crippen LogP contribution in [-0.2, 0) is 11.4 Å². The van der Waals surface area contributed by atoms with Crippen molar-refractivity contribution in [2.24, 2.45) is 0 Å². The topological polar surface area (TPSA) is 87.1 Å². The van der Waals surface area contributed by atoms with Crippen molar-refractivity contribution in [2.75, 3.05) is 20.8 Å². The molecule has 8 heteroatoms. The molecule has 0 radical (unpaired) electrons. The highest BCUT2D eigenvalue weighted by molar-refractivity contribution is 7.15. The first-order valence-corrected chi connectivity index (χ1v) is 11.6. The van der Waals surface area contributed by atoms with E-state index in [1.165, 1.54) is 0 Å². The fourth-order valence-electron chi connectivity index (χ4n) is 3.49. The van der Waals surface area contributed by atoms with Crippen LogP contribution in [0, 0.1) is 6.92 Å². The van der Waals surface area contributed by atoms with Crippen molar-refractivity contribution in [3.05, 3.63) is 77.3 Å². The largest absolute Gasteiger partial charge is 0.497 e. The van der Waals surface area contributed by atoms with Crippen LogP contribution >= 0.6 is 11.3 Å². The molecule has 0 atom stereocenters. The summed E-state index contributed by atoms with van der Waals surface area (Å²) in [6.45, 7) is 1.74. The Bertz CT molecular complexity index is 1320. The van der Waals surface area contributed by atoms with E-state index >= 15 is 0 Å².